The van der Waals surface area contributed by atoms with Crippen LogP contribution in [0.5, 0.6) is 5.75 Å². The highest BCUT2D eigenvalue weighted by atomic mass is 32.1. The number of anilines is 1. The molecule has 0 aliphatic carbocycles. The summed E-state index contributed by atoms with van der Waals surface area (Å²) in [6.07, 6.45) is 0.533. The van der Waals surface area contributed by atoms with E-state index in [0.717, 1.165) is 32.6 Å². The molecule has 1 aromatic carbocycles. The van der Waals surface area contributed by atoms with Crippen molar-refractivity contribution in [2.24, 2.45) is 7.05 Å². The fourth-order valence-electron chi connectivity index (χ4n) is 3.69. The van der Waals surface area contributed by atoms with Crippen LogP contribution in [0, 0.1) is 13.8 Å². The van der Waals surface area contributed by atoms with Crippen LogP contribution in [0.3, 0.4) is 0 Å². The summed E-state index contributed by atoms with van der Waals surface area (Å²) in [5.74, 6) is 0.600. The SMILES string of the molecule is CCOc1ccc2nc(NC(=O)CCc3c(C)c4c(C)nn(C)c4[nH]c3=O)sc2c1. The molecule has 8 nitrogen and oxygen atoms in total. The molecule has 2 N–H and O–H groups in total. The smallest absolute Gasteiger partial charge is 0.253 e. The van der Waals surface area contributed by atoms with Gasteiger partial charge in [0.2, 0.25) is 5.91 Å². The third kappa shape index (κ3) is 3.68. The van der Waals surface area contributed by atoms with Gasteiger partial charge in [-0.3, -0.25) is 14.3 Å². The summed E-state index contributed by atoms with van der Waals surface area (Å²) in [4.78, 5) is 32.4. The number of aromatic nitrogens is 4. The van der Waals surface area contributed by atoms with Gasteiger partial charge in [0.1, 0.15) is 11.4 Å². The van der Waals surface area contributed by atoms with Crippen molar-refractivity contribution < 1.29 is 9.53 Å². The van der Waals surface area contributed by atoms with E-state index in [9.17, 15) is 9.59 Å². The van der Waals surface area contributed by atoms with Crippen molar-refractivity contribution in [3.05, 3.63) is 45.4 Å². The van der Waals surface area contributed by atoms with Gasteiger partial charge in [-0.15, -0.1) is 0 Å². The van der Waals surface area contributed by atoms with Crippen molar-refractivity contribution in [2.45, 2.75) is 33.6 Å². The fraction of sp³-hybridized carbons (Fsp3) is 0.333. The van der Waals surface area contributed by atoms with Gasteiger partial charge in [0.25, 0.3) is 5.56 Å². The van der Waals surface area contributed by atoms with Crippen molar-refractivity contribution in [1.29, 1.82) is 0 Å². The Morgan fingerprint density at radius 3 is 2.90 bits per heavy atom. The normalized spacial score (nSPS) is 11.3. The molecule has 1 amide bonds. The molecule has 0 radical (unpaired) electrons. The Kier molecular flexibility index (Phi) is 5.29. The number of ether oxygens (including phenoxy) is 1. The van der Waals surface area contributed by atoms with Crippen LogP contribution in [0.25, 0.3) is 21.3 Å². The molecule has 4 aromatic rings. The van der Waals surface area contributed by atoms with Gasteiger partial charge >= 0.3 is 0 Å². The molecule has 0 bridgehead atoms. The average molecular weight is 426 g/mol. The molecule has 0 spiro atoms. The second kappa shape index (κ2) is 7.91. The molecule has 0 saturated carbocycles. The highest BCUT2D eigenvalue weighted by Crippen LogP contribution is 2.29. The first-order valence-electron chi connectivity index (χ1n) is 9.75. The second-order valence-corrected chi connectivity index (χ2v) is 8.15. The Bertz CT molecular complexity index is 1320. The summed E-state index contributed by atoms with van der Waals surface area (Å²) in [6.45, 7) is 6.34. The highest BCUT2D eigenvalue weighted by Gasteiger charge is 2.16. The lowest BCUT2D eigenvalue weighted by molar-refractivity contribution is -0.116. The number of H-pyrrole nitrogens is 1. The Morgan fingerprint density at radius 2 is 2.13 bits per heavy atom. The molecular weight excluding hydrogens is 402 g/mol. The third-order valence-corrected chi connectivity index (χ3v) is 6.01. The Labute approximate surface area is 176 Å². The van der Waals surface area contributed by atoms with E-state index in [1.807, 2.05) is 39.0 Å². The van der Waals surface area contributed by atoms with Gasteiger partial charge in [0.05, 0.1) is 22.5 Å². The van der Waals surface area contributed by atoms with E-state index in [1.54, 1.807) is 11.7 Å². The number of hydrogen-bond donors (Lipinski definition) is 2. The van der Waals surface area contributed by atoms with Crippen LogP contribution >= 0.6 is 11.3 Å². The monoisotopic (exact) mass is 425 g/mol. The highest BCUT2D eigenvalue weighted by molar-refractivity contribution is 7.22. The molecule has 4 rings (SSSR count). The van der Waals surface area contributed by atoms with Crippen LogP contribution in [-0.4, -0.2) is 32.3 Å². The minimum absolute atomic E-state index is 0.180. The fourth-order valence-corrected chi connectivity index (χ4v) is 4.60. The number of carbonyl (C=O) groups excluding carboxylic acids is 1. The number of nitrogens with zero attached hydrogens (tertiary/aromatic N) is 3. The van der Waals surface area contributed by atoms with Gasteiger partial charge < -0.3 is 15.0 Å². The number of aromatic amines is 1. The third-order valence-electron chi connectivity index (χ3n) is 5.08. The van der Waals surface area contributed by atoms with Crippen molar-refractivity contribution in [3.63, 3.8) is 0 Å². The maximum atomic E-state index is 12.5. The molecule has 0 fully saturated rings. The van der Waals surface area contributed by atoms with E-state index in [0.29, 0.717) is 29.4 Å². The van der Waals surface area contributed by atoms with Crippen LogP contribution in [0.15, 0.2) is 23.0 Å². The molecule has 0 atom stereocenters. The second-order valence-electron chi connectivity index (χ2n) is 7.12. The van der Waals surface area contributed by atoms with Crippen LogP contribution in [0.1, 0.15) is 30.2 Å². The van der Waals surface area contributed by atoms with Gasteiger partial charge in [0, 0.05) is 24.4 Å². The van der Waals surface area contributed by atoms with E-state index in [4.69, 9.17) is 4.74 Å². The van der Waals surface area contributed by atoms with E-state index in [-0.39, 0.29) is 17.9 Å². The first-order chi connectivity index (χ1) is 14.4. The van der Waals surface area contributed by atoms with Crippen LogP contribution in [0.4, 0.5) is 5.13 Å². The molecule has 0 saturated heterocycles. The molecule has 3 aromatic heterocycles. The van der Waals surface area contributed by atoms with Crippen molar-refractivity contribution >= 4 is 43.6 Å². The summed E-state index contributed by atoms with van der Waals surface area (Å²) < 4.78 is 8.12. The Hall–Kier alpha value is -3.20. The number of fused-ring (bicyclic) bond motifs is 2. The maximum absolute atomic E-state index is 12.5. The lowest BCUT2D eigenvalue weighted by atomic mass is 10.0. The minimum atomic E-state index is -0.181. The summed E-state index contributed by atoms with van der Waals surface area (Å²) in [5.41, 5.74) is 3.66. The predicted molar refractivity (Wildman–Crippen MR) is 119 cm³/mol. The quantitative estimate of drug-likeness (QED) is 0.493. The average Bonchev–Trinajstić information content (AvgIpc) is 3.21. The van der Waals surface area contributed by atoms with Gasteiger partial charge in [-0.1, -0.05) is 11.3 Å². The zero-order valence-electron chi connectivity index (χ0n) is 17.3. The van der Waals surface area contributed by atoms with Gasteiger partial charge in [-0.05, 0) is 51.0 Å². The number of hydrogen-bond acceptors (Lipinski definition) is 6. The van der Waals surface area contributed by atoms with Gasteiger partial charge in [-0.25, -0.2) is 4.98 Å². The van der Waals surface area contributed by atoms with Gasteiger partial charge in [0.15, 0.2) is 5.13 Å². The number of carbonyl (C=O) groups is 1. The number of aryl methyl sites for hydroxylation is 3. The molecule has 156 valence electrons. The molecule has 9 heteroatoms. The van der Waals surface area contributed by atoms with Crippen LogP contribution in [-0.2, 0) is 18.3 Å². The van der Waals surface area contributed by atoms with E-state index in [2.05, 4.69) is 20.4 Å². The Balaban J connectivity index is 1.49. The van der Waals surface area contributed by atoms with Crippen LogP contribution < -0.4 is 15.6 Å². The zero-order chi connectivity index (χ0) is 21.4. The molecule has 0 unspecified atom stereocenters. The topological polar surface area (TPSA) is 102 Å². The summed E-state index contributed by atoms with van der Waals surface area (Å²) >= 11 is 1.40. The van der Waals surface area contributed by atoms with E-state index >= 15 is 0 Å². The Morgan fingerprint density at radius 1 is 1.33 bits per heavy atom. The van der Waals surface area contributed by atoms with Crippen molar-refractivity contribution in [3.8, 4) is 5.75 Å². The number of thiazole rings is 1. The van der Waals surface area contributed by atoms with Crippen molar-refractivity contribution in [2.75, 3.05) is 11.9 Å². The first-order valence-corrected chi connectivity index (χ1v) is 10.6. The zero-order valence-corrected chi connectivity index (χ0v) is 18.1. The lowest BCUT2D eigenvalue weighted by Gasteiger charge is -2.07. The van der Waals surface area contributed by atoms with E-state index in [1.165, 1.54) is 11.3 Å². The molecular formula is C21H23N5O3S. The number of pyridine rings is 1. The molecule has 30 heavy (non-hydrogen) atoms. The minimum Gasteiger partial charge on any atom is -0.494 e. The number of nitrogens with one attached hydrogen (secondary N) is 2. The first kappa shape index (κ1) is 20.1. The van der Waals surface area contributed by atoms with Gasteiger partial charge in [-0.2, -0.15) is 5.10 Å². The molecule has 0 aliphatic rings. The standard InChI is InChI=1S/C21H23N5O3S/c1-5-29-13-6-8-15-16(10-13)30-21(22-15)23-17(27)9-7-14-11(2)18-12(3)25-26(4)19(18)24-20(14)28/h6,8,10H,5,7,9H2,1-4H3,(H,24,28)(H,22,23,27). The van der Waals surface area contributed by atoms with Crippen molar-refractivity contribution in [1.82, 2.24) is 19.7 Å². The number of rotatable bonds is 6. The molecule has 0 aliphatic heterocycles. The lowest BCUT2D eigenvalue weighted by Crippen LogP contribution is -2.19. The molecule has 3 heterocycles. The summed E-state index contributed by atoms with van der Waals surface area (Å²) in [7, 11) is 1.80. The van der Waals surface area contributed by atoms with E-state index < -0.39 is 0 Å². The summed E-state index contributed by atoms with van der Waals surface area (Å²) in [6, 6.07) is 5.66. The largest absolute Gasteiger partial charge is 0.494 e. The summed E-state index contributed by atoms with van der Waals surface area (Å²) in [5, 5.41) is 8.69. The number of amides is 1. The predicted octanol–water partition coefficient (Wildman–Crippen LogP) is 3.46. The number of benzene rings is 1. The maximum Gasteiger partial charge on any atom is 0.253 e. The van der Waals surface area contributed by atoms with Crippen LogP contribution in [0.2, 0.25) is 0 Å².